The number of carbonyl (C=O) groups excluding carboxylic acids is 1. The molecule has 0 aliphatic heterocycles. The number of hydrogen-bond donors (Lipinski definition) is 1. The van der Waals surface area contributed by atoms with E-state index in [0.29, 0.717) is 17.0 Å². The number of aryl methyl sites for hydroxylation is 4. The number of ether oxygens (including phenoxy) is 1. The van der Waals surface area contributed by atoms with Gasteiger partial charge in [0.05, 0.1) is 29.4 Å². The highest BCUT2D eigenvalue weighted by atomic mass is 16.5. The van der Waals surface area contributed by atoms with Crippen molar-refractivity contribution in [3.8, 4) is 11.4 Å². The molecule has 0 radical (unpaired) electrons. The van der Waals surface area contributed by atoms with E-state index in [1.54, 1.807) is 17.9 Å². The van der Waals surface area contributed by atoms with Gasteiger partial charge in [-0.2, -0.15) is 10.2 Å². The summed E-state index contributed by atoms with van der Waals surface area (Å²) in [4.78, 5) is 17.8. The van der Waals surface area contributed by atoms with Crippen LogP contribution >= 0.6 is 0 Å². The van der Waals surface area contributed by atoms with Crippen LogP contribution < -0.4 is 10.1 Å². The molecule has 154 valence electrons. The lowest BCUT2D eigenvalue weighted by Gasteiger charge is -2.08. The van der Waals surface area contributed by atoms with Crippen molar-refractivity contribution in [3.63, 3.8) is 0 Å². The zero-order chi connectivity index (χ0) is 21.4. The molecule has 8 heteroatoms. The van der Waals surface area contributed by atoms with Crippen molar-refractivity contribution in [2.24, 2.45) is 0 Å². The van der Waals surface area contributed by atoms with Gasteiger partial charge in [0.15, 0.2) is 11.5 Å². The fourth-order valence-electron chi connectivity index (χ4n) is 3.57. The van der Waals surface area contributed by atoms with Crippen molar-refractivity contribution in [1.82, 2.24) is 24.5 Å². The maximum absolute atomic E-state index is 13.1. The first kappa shape index (κ1) is 19.6. The Balaban J connectivity index is 1.78. The molecule has 1 N–H and O–H groups in total. The van der Waals surface area contributed by atoms with Crippen LogP contribution in [-0.2, 0) is 6.54 Å². The first-order valence-corrected chi connectivity index (χ1v) is 9.78. The SMILES string of the molecule is CCn1nc(NC(=O)c2cc(C)nc3c2c(C)nn3-c2ccc(OC)cc2)cc1C. The number of methoxy groups -OCH3 is 1. The second kappa shape index (κ2) is 7.62. The average Bonchev–Trinajstić information content (AvgIpc) is 3.26. The lowest BCUT2D eigenvalue weighted by molar-refractivity contribution is 0.102. The molecule has 0 aliphatic carbocycles. The summed E-state index contributed by atoms with van der Waals surface area (Å²) in [5, 5.41) is 12.7. The van der Waals surface area contributed by atoms with Crippen LogP contribution in [0.3, 0.4) is 0 Å². The number of anilines is 1. The first-order chi connectivity index (χ1) is 14.4. The van der Waals surface area contributed by atoms with E-state index in [9.17, 15) is 4.79 Å². The number of pyridine rings is 1. The lowest BCUT2D eigenvalue weighted by atomic mass is 10.1. The highest BCUT2D eigenvalue weighted by Crippen LogP contribution is 2.26. The largest absolute Gasteiger partial charge is 0.497 e. The van der Waals surface area contributed by atoms with Crippen LogP contribution in [0.2, 0.25) is 0 Å². The van der Waals surface area contributed by atoms with Gasteiger partial charge in [-0.1, -0.05) is 0 Å². The number of rotatable bonds is 5. The van der Waals surface area contributed by atoms with Crippen molar-refractivity contribution in [1.29, 1.82) is 0 Å². The molecule has 0 fully saturated rings. The third kappa shape index (κ3) is 3.41. The third-order valence-corrected chi connectivity index (χ3v) is 5.02. The molecule has 0 bridgehead atoms. The molecule has 1 amide bonds. The molecular weight excluding hydrogens is 380 g/mol. The van der Waals surface area contributed by atoms with Gasteiger partial charge in [-0.05, 0) is 58.0 Å². The summed E-state index contributed by atoms with van der Waals surface area (Å²) in [6.07, 6.45) is 0. The Morgan fingerprint density at radius 1 is 1.10 bits per heavy atom. The van der Waals surface area contributed by atoms with Crippen molar-refractivity contribution in [2.75, 3.05) is 12.4 Å². The molecule has 3 aromatic heterocycles. The van der Waals surface area contributed by atoms with Crippen molar-refractivity contribution >= 4 is 22.8 Å². The van der Waals surface area contributed by atoms with Gasteiger partial charge in [0.1, 0.15) is 5.75 Å². The third-order valence-electron chi connectivity index (χ3n) is 5.02. The van der Waals surface area contributed by atoms with Crippen molar-refractivity contribution < 1.29 is 9.53 Å². The summed E-state index contributed by atoms with van der Waals surface area (Å²) >= 11 is 0. The van der Waals surface area contributed by atoms with Crippen LogP contribution in [0.5, 0.6) is 5.75 Å². The van der Waals surface area contributed by atoms with E-state index in [1.807, 2.05) is 62.7 Å². The van der Waals surface area contributed by atoms with Gasteiger partial charge in [0, 0.05) is 24.0 Å². The van der Waals surface area contributed by atoms with Crippen LogP contribution in [0, 0.1) is 20.8 Å². The number of amides is 1. The second-order valence-electron chi connectivity index (χ2n) is 7.15. The summed E-state index contributed by atoms with van der Waals surface area (Å²) in [5.41, 5.74) is 4.46. The molecule has 1 aromatic carbocycles. The Hall–Kier alpha value is -3.68. The zero-order valence-electron chi connectivity index (χ0n) is 17.7. The molecule has 8 nitrogen and oxygen atoms in total. The Bertz CT molecular complexity index is 1240. The van der Waals surface area contributed by atoms with Gasteiger partial charge < -0.3 is 10.1 Å². The van der Waals surface area contributed by atoms with E-state index in [-0.39, 0.29) is 5.91 Å². The second-order valence-corrected chi connectivity index (χ2v) is 7.15. The maximum atomic E-state index is 13.1. The molecule has 30 heavy (non-hydrogen) atoms. The average molecular weight is 404 g/mol. The highest BCUT2D eigenvalue weighted by Gasteiger charge is 2.20. The maximum Gasteiger partial charge on any atom is 0.257 e. The summed E-state index contributed by atoms with van der Waals surface area (Å²) in [6.45, 7) is 8.47. The van der Waals surface area contributed by atoms with E-state index in [0.717, 1.165) is 40.4 Å². The predicted molar refractivity (Wildman–Crippen MR) is 115 cm³/mol. The van der Waals surface area contributed by atoms with E-state index in [4.69, 9.17) is 4.74 Å². The van der Waals surface area contributed by atoms with Gasteiger partial charge >= 0.3 is 0 Å². The molecule has 4 rings (SSSR count). The monoisotopic (exact) mass is 404 g/mol. The molecule has 0 aliphatic rings. The number of nitrogens with one attached hydrogen (secondary N) is 1. The standard InChI is InChI=1S/C22H24N6O2/c1-6-27-14(3)12-19(26-27)24-22(29)18-11-13(2)23-21-20(18)15(4)25-28(21)16-7-9-17(30-5)10-8-16/h7-12H,6H2,1-5H3,(H,24,26,29). The number of nitrogens with zero attached hydrogens (tertiary/aromatic N) is 5. The van der Waals surface area contributed by atoms with Gasteiger partial charge in [-0.15, -0.1) is 0 Å². The first-order valence-electron chi connectivity index (χ1n) is 9.78. The van der Waals surface area contributed by atoms with Crippen molar-refractivity contribution in [3.05, 3.63) is 59.0 Å². The Morgan fingerprint density at radius 3 is 2.47 bits per heavy atom. The van der Waals surface area contributed by atoms with Gasteiger partial charge in [-0.25, -0.2) is 9.67 Å². The number of hydrogen-bond acceptors (Lipinski definition) is 5. The number of fused-ring (bicyclic) bond motifs is 1. The minimum atomic E-state index is -0.233. The highest BCUT2D eigenvalue weighted by molar-refractivity contribution is 6.12. The molecular formula is C22H24N6O2. The number of carbonyl (C=O) groups is 1. The fraction of sp³-hybridized carbons (Fsp3) is 0.273. The zero-order valence-corrected chi connectivity index (χ0v) is 17.7. The molecule has 0 saturated heterocycles. The van der Waals surface area contributed by atoms with Crippen LogP contribution in [0.15, 0.2) is 36.4 Å². The smallest absolute Gasteiger partial charge is 0.257 e. The normalized spacial score (nSPS) is 11.1. The molecule has 3 heterocycles. The molecule has 0 atom stereocenters. The quantitative estimate of drug-likeness (QED) is 0.546. The molecule has 0 spiro atoms. The molecule has 0 saturated carbocycles. The van der Waals surface area contributed by atoms with Crippen molar-refractivity contribution in [2.45, 2.75) is 34.2 Å². The van der Waals surface area contributed by atoms with Crippen LogP contribution in [0.25, 0.3) is 16.7 Å². The van der Waals surface area contributed by atoms with E-state index < -0.39 is 0 Å². The summed E-state index contributed by atoms with van der Waals surface area (Å²) in [5.74, 6) is 1.06. The summed E-state index contributed by atoms with van der Waals surface area (Å²) < 4.78 is 8.83. The van der Waals surface area contributed by atoms with Crippen LogP contribution in [-0.4, -0.2) is 37.6 Å². The van der Waals surface area contributed by atoms with E-state index in [2.05, 4.69) is 20.5 Å². The Morgan fingerprint density at radius 2 is 1.83 bits per heavy atom. The topological polar surface area (TPSA) is 86.9 Å². The van der Waals surface area contributed by atoms with E-state index in [1.165, 1.54) is 0 Å². The van der Waals surface area contributed by atoms with Gasteiger partial charge in [0.25, 0.3) is 5.91 Å². The minimum Gasteiger partial charge on any atom is -0.497 e. The van der Waals surface area contributed by atoms with Crippen LogP contribution in [0.4, 0.5) is 5.82 Å². The number of aromatic nitrogens is 5. The molecule has 0 unspecified atom stereocenters. The van der Waals surface area contributed by atoms with Gasteiger partial charge in [-0.3, -0.25) is 9.48 Å². The summed E-state index contributed by atoms with van der Waals surface area (Å²) in [6, 6.07) is 11.2. The lowest BCUT2D eigenvalue weighted by Crippen LogP contribution is -2.14. The number of benzene rings is 1. The predicted octanol–water partition coefficient (Wildman–Crippen LogP) is 3.82. The van der Waals surface area contributed by atoms with Crippen LogP contribution in [0.1, 0.15) is 34.4 Å². The summed E-state index contributed by atoms with van der Waals surface area (Å²) in [7, 11) is 1.63. The van der Waals surface area contributed by atoms with E-state index >= 15 is 0 Å². The fourth-order valence-corrected chi connectivity index (χ4v) is 3.57. The Kier molecular flexibility index (Phi) is 4.99. The minimum absolute atomic E-state index is 0.233. The van der Waals surface area contributed by atoms with Gasteiger partial charge in [0.2, 0.25) is 0 Å². The Labute approximate surface area is 174 Å². The molecule has 4 aromatic rings.